The molecule has 0 radical (unpaired) electrons. The van der Waals surface area contributed by atoms with E-state index in [1.807, 2.05) is 12.1 Å². The van der Waals surface area contributed by atoms with Crippen LogP contribution in [0.5, 0.6) is 0 Å². The van der Waals surface area contributed by atoms with Crippen LogP contribution in [0.25, 0.3) is 5.69 Å². The van der Waals surface area contributed by atoms with Crippen molar-refractivity contribution >= 4 is 23.2 Å². The van der Waals surface area contributed by atoms with Crippen molar-refractivity contribution in [2.45, 2.75) is 6.61 Å². The fourth-order valence-electron chi connectivity index (χ4n) is 1.27. The zero-order valence-electron chi connectivity index (χ0n) is 8.52. The van der Waals surface area contributed by atoms with Crippen LogP contribution in [0.3, 0.4) is 0 Å². The first-order valence-corrected chi connectivity index (χ1v) is 5.32. The van der Waals surface area contributed by atoms with E-state index in [9.17, 15) is 0 Å². The van der Waals surface area contributed by atoms with Gasteiger partial charge in [0.2, 0.25) is 5.28 Å². The Balaban J connectivity index is 2.36. The molecule has 16 heavy (non-hydrogen) atoms. The molecule has 0 unspecified atom stereocenters. The maximum Gasteiger partial charge on any atom is 0.226 e. The second-order valence-electron chi connectivity index (χ2n) is 3.12. The quantitative estimate of drug-likeness (QED) is 0.849. The van der Waals surface area contributed by atoms with Gasteiger partial charge in [0, 0.05) is 12.1 Å². The molecule has 0 saturated heterocycles. The molecule has 4 nitrogen and oxygen atoms in total. The molecule has 0 spiro atoms. The molecule has 0 aliphatic heterocycles. The molecule has 6 heteroatoms. The Bertz CT molecular complexity index is 481. The first-order valence-electron chi connectivity index (χ1n) is 4.57. The summed E-state index contributed by atoms with van der Waals surface area (Å²) in [5, 5.41) is 5.17. The second kappa shape index (κ2) is 4.82. The lowest BCUT2D eigenvalue weighted by Crippen LogP contribution is -1.97. The van der Waals surface area contributed by atoms with Gasteiger partial charge in [-0.05, 0) is 35.9 Å². The van der Waals surface area contributed by atoms with Crippen molar-refractivity contribution in [2.75, 3.05) is 7.11 Å². The molecule has 0 aliphatic carbocycles. The molecular weight excluding hydrogens is 249 g/mol. The van der Waals surface area contributed by atoms with Gasteiger partial charge in [0.05, 0.1) is 5.69 Å². The molecule has 0 fully saturated rings. The van der Waals surface area contributed by atoms with E-state index in [-0.39, 0.29) is 0 Å². The van der Waals surface area contributed by atoms with Gasteiger partial charge in [0.25, 0.3) is 0 Å². The van der Waals surface area contributed by atoms with Gasteiger partial charge in [-0.2, -0.15) is 4.98 Å². The van der Waals surface area contributed by atoms with E-state index < -0.39 is 0 Å². The highest BCUT2D eigenvalue weighted by Crippen LogP contribution is 2.17. The molecule has 0 aliphatic rings. The largest absolute Gasteiger partial charge is 0.377 e. The van der Waals surface area contributed by atoms with Gasteiger partial charge in [0.1, 0.15) is 6.61 Å². The van der Waals surface area contributed by atoms with Gasteiger partial charge in [-0.15, -0.1) is 5.10 Å². The van der Waals surface area contributed by atoms with Crippen LogP contribution in [-0.4, -0.2) is 21.9 Å². The van der Waals surface area contributed by atoms with E-state index in [1.165, 1.54) is 4.68 Å². The van der Waals surface area contributed by atoms with E-state index in [4.69, 9.17) is 27.9 Å². The summed E-state index contributed by atoms with van der Waals surface area (Å²) < 4.78 is 6.47. The van der Waals surface area contributed by atoms with E-state index >= 15 is 0 Å². The molecule has 1 aromatic carbocycles. The number of hydrogen-bond donors (Lipinski definition) is 0. The Hall–Kier alpha value is -1.10. The molecular formula is C10H9Cl2N3O. The summed E-state index contributed by atoms with van der Waals surface area (Å²) in [5.41, 5.74) is 0.809. The standard InChI is InChI=1S/C10H9Cl2N3O/c1-16-6-9-13-10(12)15(14-9)8-4-2-7(11)3-5-8/h2-5H,6H2,1H3. The third kappa shape index (κ3) is 2.35. The van der Waals surface area contributed by atoms with E-state index in [0.717, 1.165) is 5.69 Å². The van der Waals surface area contributed by atoms with Crippen LogP contribution in [0, 0.1) is 0 Å². The summed E-state index contributed by atoms with van der Waals surface area (Å²) in [4.78, 5) is 4.06. The molecule has 84 valence electrons. The molecule has 1 heterocycles. The van der Waals surface area contributed by atoms with Crippen molar-refractivity contribution in [2.24, 2.45) is 0 Å². The monoisotopic (exact) mass is 257 g/mol. The Kier molecular flexibility index (Phi) is 3.43. The van der Waals surface area contributed by atoms with Crippen molar-refractivity contribution in [3.63, 3.8) is 0 Å². The van der Waals surface area contributed by atoms with E-state index in [1.54, 1.807) is 19.2 Å². The summed E-state index contributed by atoms with van der Waals surface area (Å²) in [7, 11) is 1.58. The lowest BCUT2D eigenvalue weighted by atomic mass is 10.3. The van der Waals surface area contributed by atoms with Crippen molar-refractivity contribution in [1.82, 2.24) is 14.8 Å². The lowest BCUT2D eigenvalue weighted by Gasteiger charge is -2.00. The number of halogens is 2. The van der Waals surface area contributed by atoms with Crippen molar-refractivity contribution in [3.8, 4) is 5.69 Å². The van der Waals surface area contributed by atoms with Crippen molar-refractivity contribution < 1.29 is 4.74 Å². The molecule has 0 saturated carbocycles. The summed E-state index contributed by atoms with van der Waals surface area (Å²) >= 11 is 11.8. The zero-order chi connectivity index (χ0) is 11.5. The SMILES string of the molecule is COCc1nc(Cl)n(-c2ccc(Cl)cc2)n1. The minimum absolute atomic E-state index is 0.300. The fraction of sp³-hybridized carbons (Fsp3) is 0.200. The van der Waals surface area contributed by atoms with Gasteiger partial charge in [-0.3, -0.25) is 0 Å². The first-order chi connectivity index (χ1) is 7.70. The Morgan fingerprint density at radius 2 is 1.94 bits per heavy atom. The summed E-state index contributed by atoms with van der Waals surface area (Å²) in [6, 6.07) is 7.18. The molecule has 2 aromatic rings. The predicted octanol–water partition coefficient (Wildman–Crippen LogP) is 2.72. The number of benzene rings is 1. The number of ether oxygens (including phenoxy) is 1. The maximum atomic E-state index is 5.96. The lowest BCUT2D eigenvalue weighted by molar-refractivity contribution is 0.178. The van der Waals surface area contributed by atoms with Crippen molar-refractivity contribution in [1.29, 1.82) is 0 Å². The van der Waals surface area contributed by atoms with Gasteiger partial charge in [0.15, 0.2) is 5.82 Å². The molecule has 2 rings (SSSR count). The van der Waals surface area contributed by atoms with Gasteiger partial charge in [-0.1, -0.05) is 11.6 Å². The average molecular weight is 258 g/mol. The topological polar surface area (TPSA) is 39.9 Å². The minimum Gasteiger partial charge on any atom is -0.377 e. The molecule has 0 amide bonds. The zero-order valence-corrected chi connectivity index (χ0v) is 10.0. The van der Waals surface area contributed by atoms with Gasteiger partial charge < -0.3 is 4.74 Å². The first kappa shape index (κ1) is 11.4. The second-order valence-corrected chi connectivity index (χ2v) is 3.89. The van der Waals surface area contributed by atoms with Crippen LogP contribution in [-0.2, 0) is 11.3 Å². The highest BCUT2D eigenvalue weighted by Gasteiger charge is 2.08. The number of nitrogens with zero attached hydrogens (tertiary/aromatic N) is 3. The van der Waals surface area contributed by atoms with Gasteiger partial charge in [-0.25, -0.2) is 4.68 Å². The van der Waals surface area contributed by atoms with Crippen LogP contribution < -0.4 is 0 Å². The number of hydrogen-bond acceptors (Lipinski definition) is 3. The number of rotatable bonds is 3. The highest BCUT2D eigenvalue weighted by atomic mass is 35.5. The number of methoxy groups -OCH3 is 1. The minimum atomic E-state index is 0.300. The molecule has 0 bridgehead atoms. The van der Waals surface area contributed by atoms with E-state index in [0.29, 0.717) is 22.7 Å². The van der Waals surface area contributed by atoms with Crippen molar-refractivity contribution in [3.05, 3.63) is 40.4 Å². The normalized spacial score (nSPS) is 10.7. The maximum absolute atomic E-state index is 5.96. The predicted molar refractivity (Wildman–Crippen MR) is 62.1 cm³/mol. The van der Waals surface area contributed by atoms with Crippen LogP contribution in [0.4, 0.5) is 0 Å². The summed E-state index contributed by atoms with van der Waals surface area (Å²) in [6.07, 6.45) is 0. The van der Waals surface area contributed by atoms with Crippen LogP contribution >= 0.6 is 23.2 Å². The van der Waals surface area contributed by atoms with Crippen LogP contribution in [0.15, 0.2) is 24.3 Å². The van der Waals surface area contributed by atoms with Gasteiger partial charge >= 0.3 is 0 Å². The summed E-state index contributed by atoms with van der Waals surface area (Å²) in [6.45, 7) is 0.334. The third-order valence-electron chi connectivity index (χ3n) is 1.96. The van der Waals surface area contributed by atoms with Crippen LogP contribution in [0.1, 0.15) is 5.82 Å². The number of aromatic nitrogens is 3. The molecule has 0 N–H and O–H groups in total. The van der Waals surface area contributed by atoms with Crippen LogP contribution in [0.2, 0.25) is 10.3 Å². The highest BCUT2D eigenvalue weighted by molar-refractivity contribution is 6.30. The fourth-order valence-corrected chi connectivity index (χ4v) is 1.63. The smallest absolute Gasteiger partial charge is 0.226 e. The Morgan fingerprint density at radius 1 is 1.25 bits per heavy atom. The Morgan fingerprint density at radius 3 is 2.56 bits per heavy atom. The van der Waals surface area contributed by atoms with E-state index in [2.05, 4.69) is 10.1 Å². The molecule has 0 atom stereocenters. The average Bonchev–Trinajstić information content (AvgIpc) is 2.61. The summed E-state index contributed by atoms with van der Waals surface area (Å²) in [5.74, 6) is 0.544. The third-order valence-corrected chi connectivity index (χ3v) is 2.45. The molecule has 1 aromatic heterocycles. The Labute approximate surface area is 103 Å².